The average Bonchev–Trinajstić information content (AvgIpc) is 3.07. The van der Waals surface area contributed by atoms with Gasteiger partial charge in [0.2, 0.25) is 5.91 Å². The van der Waals surface area contributed by atoms with Gasteiger partial charge in [0.05, 0.1) is 25.6 Å². The minimum absolute atomic E-state index is 0.0335. The van der Waals surface area contributed by atoms with Gasteiger partial charge in [-0.1, -0.05) is 6.07 Å². The van der Waals surface area contributed by atoms with Crippen molar-refractivity contribution in [2.24, 2.45) is 0 Å². The first-order valence-corrected chi connectivity index (χ1v) is 10.00. The molecule has 0 spiro atoms. The van der Waals surface area contributed by atoms with Crippen LogP contribution in [0, 0.1) is 6.92 Å². The molecule has 7 nitrogen and oxygen atoms in total. The zero-order valence-corrected chi connectivity index (χ0v) is 16.3. The van der Waals surface area contributed by atoms with Crippen molar-refractivity contribution in [3.63, 3.8) is 0 Å². The number of sulfonamides is 1. The summed E-state index contributed by atoms with van der Waals surface area (Å²) in [7, 11) is -0.945. The van der Waals surface area contributed by atoms with Crippen molar-refractivity contribution < 1.29 is 22.7 Å². The third kappa shape index (κ3) is 3.85. The van der Waals surface area contributed by atoms with Crippen LogP contribution >= 0.6 is 0 Å². The van der Waals surface area contributed by atoms with E-state index in [-0.39, 0.29) is 16.6 Å². The lowest BCUT2D eigenvalue weighted by Gasteiger charge is -2.20. The molecule has 8 heteroatoms. The van der Waals surface area contributed by atoms with Gasteiger partial charge in [0.25, 0.3) is 10.0 Å². The molecule has 0 aliphatic carbocycles. The number of hydrogen-bond acceptors (Lipinski definition) is 5. The first-order valence-electron chi connectivity index (χ1n) is 8.51. The quantitative estimate of drug-likeness (QED) is 0.820. The van der Waals surface area contributed by atoms with Gasteiger partial charge in [-0.3, -0.25) is 9.52 Å². The van der Waals surface area contributed by atoms with E-state index in [1.807, 2.05) is 6.92 Å². The third-order valence-electron chi connectivity index (χ3n) is 4.40. The van der Waals surface area contributed by atoms with Crippen molar-refractivity contribution in [1.29, 1.82) is 0 Å². The molecule has 0 radical (unpaired) electrons. The number of amides is 1. The summed E-state index contributed by atoms with van der Waals surface area (Å²) in [6, 6.07) is 9.82. The van der Waals surface area contributed by atoms with E-state index < -0.39 is 10.0 Å². The molecule has 1 heterocycles. The van der Waals surface area contributed by atoms with E-state index in [0.29, 0.717) is 30.1 Å². The van der Waals surface area contributed by atoms with Gasteiger partial charge in [-0.05, 0) is 43.2 Å². The van der Waals surface area contributed by atoms with E-state index >= 15 is 0 Å². The number of ether oxygens (including phenoxy) is 2. The zero-order valence-electron chi connectivity index (χ0n) is 15.5. The second-order valence-electron chi connectivity index (χ2n) is 6.30. The van der Waals surface area contributed by atoms with Crippen LogP contribution < -0.4 is 19.1 Å². The Morgan fingerprint density at radius 3 is 2.41 bits per heavy atom. The molecule has 3 rings (SSSR count). The Kier molecular flexibility index (Phi) is 5.27. The van der Waals surface area contributed by atoms with Gasteiger partial charge < -0.3 is 14.4 Å². The molecule has 1 aliphatic heterocycles. The summed E-state index contributed by atoms with van der Waals surface area (Å²) in [5, 5.41) is 0. The number of aryl methyl sites for hydroxylation is 1. The van der Waals surface area contributed by atoms with Crippen LogP contribution in [-0.4, -0.2) is 35.1 Å². The molecule has 0 bridgehead atoms. The molecule has 27 heavy (non-hydrogen) atoms. The van der Waals surface area contributed by atoms with Crippen molar-refractivity contribution in [3.8, 4) is 11.5 Å². The van der Waals surface area contributed by atoms with Gasteiger partial charge in [-0.15, -0.1) is 0 Å². The fraction of sp³-hybridized carbons (Fsp3) is 0.316. The van der Waals surface area contributed by atoms with Crippen LogP contribution in [0.2, 0.25) is 0 Å². The topological polar surface area (TPSA) is 84.9 Å². The standard InChI is InChI=1S/C19H22N2O5S/c1-13-6-9-16(25-2)18(11-13)27(23,24)20-14-7-8-15(17(12-14)26-3)21-10-4-5-19(21)22/h6-9,11-12,20H,4-5,10H2,1-3H3. The van der Waals surface area contributed by atoms with Crippen LogP contribution in [-0.2, 0) is 14.8 Å². The number of nitrogens with zero attached hydrogens (tertiary/aromatic N) is 1. The summed E-state index contributed by atoms with van der Waals surface area (Å²) >= 11 is 0. The summed E-state index contributed by atoms with van der Waals surface area (Å²) < 4.78 is 38.8. The average molecular weight is 390 g/mol. The van der Waals surface area contributed by atoms with Crippen LogP contribution in [0.15, 0.2) is 41.3 Å². The van der Waals surface area contributed by atoms with Gasteiger partial charge in [0.15, 0.2) is 0 Å². The maximum absolute atomic E-state index is 12.8. The normalized spacial score (nSPS) is 14.3. The van der Waals surface area contributed by atoms with Gasteiger partial charge >= 0.3 is 0 Å². The Morgan fingerprint density at radius 1 is 1.04 bits per heavy atom. The van der Waals surface area contributed by atoms with E-state index in [9.17, 15) is 13.2 Å². The summed E-state index contributed by atoms with van der Waals surface area (Å²) in [6.45, 7) is 2.43. The number of carbonyl (C=O) groups excluding carboxylic acids is 1. The lowest BCUT2D eigenvalue weighted by atomic mass is 10.2. The van der Waals surface area contributed by atoms with Gasteiger partial charge in [-0.25, -0.2) is 8.42 Å². The van der Waals surface area contributed by atoms with Gasteiger partial charge in [0.1, 0.15) is 16.4 Å². The van der Waals surface area contributed by atoms with E-state index in [1.165, 1.54) is 14.2 Å². The summed E-state index contributed by atoms with van der Waals surface area (Å²) in [5.74, 6) is 0.729. The number of carbonyl (C=O) groups is 1. The number of nitrogens with one attached hydrogen (secondary N) is 1. The molecule has 0 unspecified atom stereocenters. The molecule has 1 amide bonds. The van der Waals surface area contributed by atoms with E-state index in [4.69, 9.17) is 9.47 Å². The summed E-state index contributed by atoms with van der Waals surface area (Å²) in [6.07, 6.45) is 1.30. The fourth-order valence-electron chi connectivity index (χ4n) is 3.07. The highest BCUT2D eigenvalue weighted by atomic mass is 32.2. The van der Waals surface area contributed by atoms with Crippen LogP contribution in [0.4, 0.5) is 11.4 Å². The number of anilines is 2. The Hall–Kier alpha value is -2.74. The summed E-state index contributed by atoms with van der Waals surface area (Å²) in [4.78, 5) is 13.7. The Bertz CT molecular complexity index is 972. The maximum Gasteiger partial charge on any atom is 0.265 e. The van der Waals surface area contributed by atoms with Crippen molar-refractivity contribution >= 4 is 27.3 Å². The highest BCUT2D eigenvalue weighted by Gasteiger charge is 2.25. The lowest BCUT2D eigenvalue weighted by Crippen LogP contribution is -2.24. The molecule has 1 N–H and O–H groups in total. The first kappa shape index (κ1) is 19.0. The van der Waals surface area contributed by atoms with Gasteiger partial charge in [-0.2, -0.15) is 0 Å². The monoisotopic (exact) mass is 390 g/mol. The Balaban J connectivity index is 1.93. The second-order valence-corrected chi connectivity index (χ2v) is 7.95. The highest BCUT2D eigenvalue weighted by Crippen LogP contribution is 2.35. The molecule has 1 aliphatic rings. The van der Waals surface area contributed by atoms with E-state index in [0.717, 1.165) is 12.0 Å². The van der Waals surface area contributed by atoms with Crippen molar-refractivity contribution in [3.05, 3.63) is 42.0 Å². The van der Waals surface area contributed by atoms with Crippen LogP contribution in [0.5, 0.6) is 11.5 Å². The smallest absolute Gasteiger partial charge is 0.265 e. The SMILES string of the molecule is COc1cc(NS(=O)(=O)c2cc(C)ccc2OC)ccc1N1CCCC1=O. The second kappa shape index (κ2) is 7.48. The van der Waals surface area contributed by atoms with E-state index in [1.54, 1.807) is 41.3 Å². The molecule has 0 saturated carbocycles. The summed E-state index contributed by atoms with van der Waals surface area (Å²) in [5.41, 5.74) is 1.78. The van der Waals surface area contributed by atoms with Crippen LogP contribution in [0.3, 0.4) is 0 Å². The molecule has 2 aromatic rings. The Morgan fingerprint density at radius 2 is 1.78 bits per heavy atom. The largest absolute Gasteiger partial charge is 0.495 e. The molecular formula is C19H22N2O5S. The van der Waals surface area contributed by atoms with Crippen LogP contribution in [0.1, 0.15) is 18.4 Å². The zero-order chi connectivity index (χ0) is 19.6. The molecule has 0 aromatic heterocycles. The number of rotatable bonds is 6. The third-order valence-corrected chi connectivity index (χ3v) is 5.81. The highest BCUT2D eigenvalue weighted by molar-refractivity contribution is 7.92. The fourth-order valence-corrected chi connectivity index (χ4v) is 4.38. The first-order chi connectivity index (χ1) is 12.9. The van der Waals surface area contributed by atoms with Crippen molar-refractivity contribution in [2.75, 3.05) is 30.4 Å². The molecule has 1 fully saturated rings. The van der Waals surface area contributed by atoms with Crippen molar-refractivity contribution in [2.45, 2.75) is 24.7 Å². The molecule has 2 aromatic carbocycles. The maximum atomic E-state index is 12.8. The number of methoxy groups -OCH3 is 2. The number of benzene rings is 2. The van der Waals surface area contributed by atoms with Crippen LogP contribution in [0.25, 0.3) is 0 Å². The predicted octanol–water partition coefficient (Wildman–Crippen LogP) is 2.94. The van der Waals surface area contributed by atoms with E-state index in [2.05, 4.69) is 4.72 Å². The molecule has 1 saturated heterocycles. The molecule has 144 valence electrons. The molecular weight excluding hydrogens is 368 g/mol. The van der Waals surface area contributed by atoms with Crippen molar-refractivity contribution in [1.82, 2.24) is 0 Å². The predicted molar refractivity (Wildman–Crippen MR) is 103 cm³/mol. The Labute approximate surface area is 158 Å². The lowest BCUT2D eigenvalue weighted by molar-refractivity contribution is -0.117. The van der Waals surface area contributed by atoms with Gasteiger partial charge in [0, 0.05) is 19.0 Å². The number of hydrogen-bond donors (Lipinski definition) is 1. The minimum atomic E-state index is -3.86. The molecule has 0 atom stereocenters. The minimum Gasteiger partial charge on any atom is -0.495 e.